The molecule has 0 atom stereocenters. The van der Waals surface area contributed by atoms with Gasteiger partial charge in [0.05, 0.1) is 0 Å². The summed E-state index contributed by atoms with van der Waals surface area (Å²) >= 11 is 0. The highest BCUT2D eigenvalue weighted by Gasteiger charge is 2.19. The van der Waals surface area contributed by atoms with E-state index in [1.165, 1.54) is 12.1 Å². The Balaban J connectivity index is 1.28. The molecular formula is C20H23FN6O. The molecule has 0 aliphatic carbocycles. The fraction of sp³-hybridized carbons (Fsp3) is 0.350. The van der Waals surface area contributed by atoms with Crippen LogP contribution in [0.5, 0.6) is 0 Å². The van der Waals surface area contributed by atoms with Crippen molar-refractivity contribution in [1.29, 1.82) is 0 Å². The van der Waals surface area contributed by atoms with Crippen LogP contribution >= 0.6 is 0 Å². The van der Waals surface area contributed by atoms with E-state index in [0.29, 0.717) is 5.95 Å². The highest BCUT2D eigenvalue weighted by Crippen LogP contribution is 2.21. The van der Waals surface area contributed by atoms with Gasteiger partial charge < -0.3 is 15.6 Å². The van der Waals surface area contributed by atoms with Crippen molar-refractivity contribution in [2.45, 2.75) is 12.8 Å². The lowest BCUT2D eigenvalue weighted by molar-refractivity contribution is 0.0995. The van der Waals surface area contributed by atoms with E-state index in [0.717, 1.165) is 62.0 Å². The normalized spacial score (nSPS) is 15.2. The molecule has 1 saturated heterocycles. The van der Waals surface area contributed by atoms with Crippen LogP contribution in [-0.2, 0) is 6.42 Å². The van der Waals surface area contributed by atoms with Gasteiger partial charge in [0.1, 0.15) is 11.5 Å². The molecule has 3 heterocycles. The van der Waals surface area contributed by atoms with E-state index in [4.69, 9.17) is 5.73 Å². The van der Waals surface area contributed by atoms with Gasteiger partial charge in [0.15, 0.2) is 0 Å². The molecule has 7 nitrogen and oxygen atoms in total. The number of hydrogen-bond donors (Lipinski definition) is 2. The number of H-pyrrole nitrogens is 1. The van der Waals surface area contributed by atoms with Gasteiger partial charge >= 0.3 is 0 Å². The topological polar surface area (TPSA) is 91.1 Å². The second-order valence-corrected chi connectivity index (χ2v) is 7.04. The number of benzene rings is 1. The van der Waals surface area contributed by atoms with Crippen LogP contribution in [0.4, 0.5) is 10.3 Å². The van der Waals surface area contributed by atoms with Crippen molar-refractivity contribution in [3.05, 3.63) is 53.7 Å². The first-order chi connectivity index (χ1) is 13.6. The molecule has 1 fully saturated rings. The number of fused-ring (bicyclic) bond motifs is 1. The molecule has 4 rings (SSSR count). The zero-order chi connectivity index (χ0) is 19.5. The van der Waals surface area contributed by atoms with Gasteiger partial charge in [-0.1, -0.05) is 0 Å². The van der Waals surface area contributed by atoms with Crippen LogP contribution in [0.15, 0.2) is 36.7 Å². The summed E-state index contributed by atoms with van der Waals surface area (Å²) in [5.74, 6) is -0.191. The molecule has 2 aromatic heterocycles. The summed E-state index contributed by atoms with van der Waals surface area (Å²) in [6.07, 6.45) is 5.47. The van der Waals surface area contributed by atoms with Crippen molar-refractivity contribution in [2.24, 2.45) is 5.73 Å². The van der Waals surface area contributed by atoms with Crippen LogP contribution < -0.4 is 10.6 Å². The molecule has 1 amide bonds. The molecule has 1 aromatic carbocycles. The van der Waals surface area contributed by atoms with Crippen LogP contribution in [0.3, 0.4) is 0 Å². The number of rotatable bonds is 6. The number of nitrogens with zero attached hydrogens (tertiary/aromatic N) is 4. The minimum Gasteiger partial charge on any atom is -0.364 e. The zero-order valence-electron chi connectivity index (χ0n) is 15.6. The first-order valence-corrected chi connectivity index (χ1v) is 9.46. The van der Waals surface area contributed by atoms with Crippen LogP contribution in [-0.4, -0.2) is 58.5 Å². The second kappa shape index (κ2) is 7.93. The Kier molecular flexibility index (Phi) is 5.21. The summed E-state index contributed by atoms with van der Waals surface area (Å²) in [7, 11) is 0. The summed E-state index contributed by atoms with van der Waals surface area (Å²) < 4.78 is 13.5. The van der Waals surface area contributed by atoms with Crippen molar-refractivity contribution in [3.63, 3.8) is 0 Å². The van der Waals surface area contributed by atoms with Gasteiger partial charge in [-0.15, -0.1) is 0 Å². The Bertz CT molecular complexity index is 980. The van der Waals surface area contributed by atoms with Gasteiger partial charge in [0.2, 0.25) is 5.95 Å². The van der Waals surface area contributed by atoms with Crippen LogP contribution in [0.2, 0.25) is 0 Å². The first-order valence-electron chi connectivity index (χ1n) is 9.46. The van der Waals surface area contributed by atoms with E-state index < -0.39 is 5.91 Å². The van der Waals surface area contributed by atoms with Crippen molar-refractivity contribution >= 4 is 22.8 Å². The van der Waals surface area contributed by atoms with E-state index >= 15 is 0 Å². The highest BCUT2D eigenvalue weighted by molar-refractivity contribution is 5.90. The van der Waals surface area contributed by atoms with E-state index in [1.807, 2.05) is 6.20 Å². The molecule has 0 unspecified atom stereocenters. The molecule has 1 aliphatic heterocycles. The number of amides is 1. The number of nitrogens with one attached hydrogen (secondary N) is 1. The Morgan fingerprint density at radius 3 is 2.82 bits per heavy atom. The Morgan fingerprint density at radius 2 is 2.04 bits per heavy atom. The average Bonchev–Trinajstić information content (AvgIpc) is 3.11. The molecule has 3 N–H and O–H groups in total. The summed E-state index contributed by atoms with van der Waals surface area (Å²) in [6, 6.07) is 6.38. The Hall–Kier alpha value is -3.00. The number of primary amides is 1. The number of aromatic nitrogens is 3. The largest absolute Gasteiger partial charge is 0.364 e. The molecule has 8 heteroatoms. The number of hydrogen-bond acceptors (Lipinski definition) is 5. The molecule has 0 bridgehead atoms. The fourth-order valence-electron chi connectivity index (χ4n) is 3.66. The number of halogens is 1. The summed E-state index contributed by atoms with van der Waals surface area (Å²) in [6.45, 7) is 4.42. The van der Waals surface area contributed by atoms with Crippen LogP contribution in [0.1, 0.15) is 22.5 Å². The average molecular weight is 382 g/mol. The van der Waals surface area contributed by atoms with Gasteiger partial charge in [-0.3, -0.25) is 9.69 Å². The van der Waals surface area contributed by atoms with Crippen LogP contribution in [0, 0.1) is 5.82 Å². The lowest BCUT2D eigenvalue weighted by Crippen LogP contribution is -2.47. The minimum absolute atomic E-state index is 0.202. The molecular weight excluding hydrogens is 359 g/mol. The number of aryl methyl sites for hydroxylation is 1. The van der Waals surface area contributed by atoms with Crippen molar-refractivity contribution < 1.29 is 9.18 Å². The van der Waals surface area contributed by atoms with E-state index in [1.54, 1.807) is 18.3 Å². The number of nitrogens with two attached hydrogens (primary N) is 1. The monoisotopic (exact) mass is 382 g/mol. The summed E-state index contributed by atoms with van der Waals surface area (Å²) in [4.78, 5) is 27.5. The van der Waals surface area contributed by atoms with Gasteiger partial charge in [-0.05, 0) is 49.2 Å². The minimum atomic E-state index is -0.542. The predicted molar refractivity (Wildman–Crippen MR) is 106 cm³/mol. The predicted octanol–water partition coefficient (Wildman–Crippen LogP) is 1.95. The molecule has 0 saturated carbocycles. The van der Waals surface area contributed by atoms with Gasteiger partial charge in [-0.2, -0.15) is 0 Å². The van der Waals surface area contributed by atoms with E-state index in [-0.39, 0.29) is 11.5 Å². The third-order valence-corrected chi connectivity index (χ3v) is 5.20. The third kappa shape index (κ3) is 3.96. The summed E-state index contributed by atoms with van der Waals surface area (Å²) in [5, 5.41) is 0.969. The molecule has 0 spiro atoms. The van der Waals surface area contributed by atoms with E-state index in [9.17, 15) is 9.18 Å². The second-order valence-electron chi connectivity index (χ2n) is 7.04. The van der Waals surface area contributed by atoms with Gasteiger partial charge in [0.25, 0.3) is 5.91 Å². The Morgan fingerprint density at radius 1 is 1.21 bits per heavy atom. The van der Waals surface area contributed by atoms with E-state index in [2.05, 4.69) is 24.8 Å². The molecule has 0 radical (unpaired) electrons. The number of piperazine rings is 1. The maximum Gasteiger partial charge on any atom is 0.267 e. The first kappa shape index (κ1) is 18.4. The molecule has 28 heavy (non-hydrogen) atoms. The molecule has 1 aliphatic rings. The maximum atomic E-state index is 13.5. The number of anilines is 1. The number of carbonyl (C=O) groups excluding carboxylic acids is 1. The SMILES string of the molecule is NC(=O)c1ccnc(N2CCN(CCCc3c[nH]c4ccc(F)cc34)CC2)n1. The number of carbonyl (C=O) groups is 1. The van der Waals surface area contributed by atoms with Crippen molar-refractivity contribution in [1.82, 2.24) is 19.9 Å². The quantitative estimate of drug-likeness (QED) is 0.680. The maximum absolute atomic E-state index is 13.5. The standard InChI is InChI=1S/C20H23FN6O/c21-15-3-4-17-16(12-15)14(13-24-17)2-1-7-26-8-10-27(11-9-26)20-23-6-5-18(25-20)19(22)28/h3-6,12-13,24H,1-2,7-11H2,(H2,22,28). The molecule has 146 valence electrons. The van der Waals surface area contributed by atoms with Gasteiger partial charge in [-0.25, -0.2) is 14.4 Å². The zero-order valence-corrected chi connectivity index (χ0v) is 15.6. The van der Waals surface area contributed by atoms with Crippen molar-refractivity contribution in [3.8, 4) is 0 Å². The molecule has 3 aromatic rings. The summed E-state index contributed by atoms with van der Waals surface area (Å²) in [5.41, 5.74) is 7.66. The third-order valence-electron chi connectivity index (χ3n) is 5.20. The number of aromatic amines is 1. The lowest BCUT2D eigenvalue weighted by atomic mass is 10.1. The Labute approximate surface area is 162 Å². The fourth-order valence-corrected chi connectivity index (χ4v) is 3.66. The lowest BCUT2D eigenvalue weighted by Gasteiger charge is -2.34. The highest BCUT2D eigenvalue weighted by atomic mass is 19.1. The smallest absolute Gasteiger partial charge is 0.267 e. The van der Waals surface area contributed by atoms with Gasteiger partial charge in [0, 0.05) is 49.5 Å². The van der Waals surface area contributed by atoms with Crippen molar-refractivity contribution in [2.75, 3.05) is 37.6 Å². The van der Waals surface area contributed by atoms with Crippen LogP contribution in [0.25, 0.3) is 10.9 Å².